The zero-order chi connectivity index (χ0) is 26.4. The Morgan fingerprint density at radius 3 is 2.32 bits per heavy atom. The number of nitro groups is 1. The first-order valence-electron chi connectivity index (χ1n) is 11.0. The van der Waals surface area contributed by atoms with Crippen LogP contribution in [0.1, 0.15) is 11.4 Å². The number of hydrogen-bond acceptors (Lipinski definition) is 8. The van der Waals surface area contributed by atoms with Crippen LogP contribution >= 0.6 is 12.2 Å². The summed E-state index contributed by atoms with van der Waals surface area (Å²) >= 11 is 5.44. The van der Waals surface area contributed by atoms with Crippen molar-refractivity contribution in [1.82, 2.24) is 9.97 Å². The Morgan fingerprint density at radius 2 is 1.65 bits per heavy atom. The molecule has 37 heavy (non-hydrogen) atoms. The molecule has 0 aliphatic carbocycles. The molecule has 0 aliphatic rings. The maximum absolute atomic E-state index is 11.1. The second kappa shape index (κ2) is 11.3. The third-order valence-corrected chi connectivity index (χ3v) is 5.48. The molecule has 0 aliphatic heterocycles. The summed E-state index contributed by atoms with van der Waals surface area (Å²) in [5.41, 5.74) is 1.94. The van der Waals surface area contributed by atoms with Gasteiger partial charge < -0.3 is 24.8 Å². The Morgan fingerprint density at radius 1 is 0.919 bits per heavy atom. The van der Waals surface area contributed by atoms with Crippen molar-refractivity contribution in [2.24, 2.45) is 0 Å². The molecule has 11 heteroatoms. The van der Waals surface area contributed by atoms with Gasteiger partial charge in [-0.05, 0) is 54.2 Å². The quantitative estimate of drug-likeness (QED) is 0.175. The first-order chi connectivity index (χ1) is 17.9. The number of rotatable bonds is 8. The summed E-state index contributed by atoms with van der Waals surface area (Å²) in [6, 6.07) is 17.2. The molecule has 3 aromatic carbocycles. The number of nitrogens with zero attached hydrogens (tertiary/aromatic N) is 3. The second-order valence-electron chi connectivity index (χ2n) is 7.63. The molecule has 0 saturated heterocycles. The van der Waals surface area contributed by atoms with Crippen molar-refractivity contribution >= 4 is 57.6 Å². The van der Waals surface area contributed by atoms with Crippen molar-refractivity contribution in [2.75, 3.05) is 32.0 Å². The van der Waals surface area contributed by atoms with E-state index in [1.807, 2.05) is 42.5 Å². The van der Waals surface area contributed by atoms with E-state index in [4.69, 9.17) is 26.4 Å². The lowest BCUT2D eigenvalue weighted by Crippen LogP contribution is -2.20. The maximum atomic E-state index is 11.1. The number of ether oxygens (including phenoxy) is 3. The van der Waals surface area contributed by atoms with Crippen LogP contribution < -0.4 is 24.8 Å². The number of aromatic nitrogens is 2. The number of para-hydroxylation sites is 1. The lowest BCUT2D eigenvalue weighted by atomic mass is 10.1. The molecule has 0 amide bonds. The minimum absolute atomic E-state index is 0.0421. The summed E-state index contributed by atoms with van der Waals surface area (Å²) in [6.45, 7) is 0. The smallest absolute Gasteiger partial charge is 0.271 e. The van der Waals surface area contributed by atoms with Gasteiger partial charge in [0.05, 0.1) is 31.8 Å². The first kappa shape index (κ1) is 25.3. The predicted octanol–water partition coefficient (Wildman–Crippen LogP) is 5.54. The van der Waals surface area contributed by atoms with Crippen LogP contribution in [-0.4, -0.2) is 41.3 Å². The largest absolute Gasteiger partial charge is 0.493 e. The summed E-state index contributed by atoms with van der Waals surface area (Å²) in [4.78, 5) is 19.9. The van der Waals surface area contributed by atoms with E-state index in [9.17, 15) is 10.1 Å². The fraction of sp³-hybridized carbons (Fsp3) is 0.115. The van der Waals surface area contributed by atoms with Gasteiger partial charge in [-0.2, -0.15) is 0 Å². The maximum Gasteiger partial charge on any atom is 0.271 e. The van der Waals surface area contributed by atoms with E-state index in [2.05, 4.69) is 20.6 Å². The molecule has 188 valence electrons. The van der Waals surface area contributed by atoms with Crippen LogP contribution in [0.15, 0.2) is 60.7 Å². The number of thiocarbonyl (C=S) groups is 1. The van der Waals surface area contributed by atoms with Gasteiger partial charge in [-0.15, -0.1) is 0 Å². The molecule has 2 N–H and O–H groups in total. The van der Waals surface area contributed by atoms with Crippen LogP contribution in [0.5, 0.6) is 17.2 Å². The van der Waals surface area contributed by atoms with Gasteiger partial charge in [0, 0.05) is 23.2 Å². The zero-order valence-corrected chi connectivity index (χ0v) is 21.0. The normalized spacial score (nSPS) is 10.8. The molecule has 0 bridgehead atoms. The van der Waals surface area contributed by atoms with E-state index in [0.717, 1.165) is 10.9 Å². The molecule has 4 aromatic rings. The highest BCUT2D eigenvalue weighted by molar-refractivity contribution is 7.80. The zero-order valence-electron chi connectivity index (χ0n) is 20.2. The molecular formula is C26H23N5O5S. The first-order valence-corrected chi connectivity index (χ1v) is 11.4. The van der Waals surface area contributed by atoms with Crippen LogP contribution in [0.3, 0.4) is 0 Å². The van der Waals surface area contributed by atoms with Crippen LogP contribution in [0.4, 0.5) is 17.2 Å². The summed E-state index contributed by atoms with van der Waals surface area (Å²) in [5.74, 6) is 2.48. The standard InChI is InChI=1S/C26H23N5O5S/c1-34-21-13-16(14-22(35-2)24(21)36-3)11-12-23-28-20-10-5-4-9-19(20)25(29-23)30-26(37)27-17-7-6-8-18(15-17)31(32)33/h4-15H,1-3H3,(H2,27,28,29,30,37)/b12-11+. The number of methoxy groups -OCH3 is 3. The Labute approximate surface area is 218 Å². The number of hydrogen-bond donors (Lipinski definition) is 2. The van der Waals surface area contributed by atoms with Gasteiger partial charge in [0.1, 0.15) is 5.82 Å². The van der Waals surface area contributed by atoms with Gasteiger partial charge in [0.25, 0.3) is 5.69 Å². The van der Waals surface area contributed by atoms with Gasteiger partial charge in [-0.1, -0.05) is 24.3 Å². The van der Waals surface area contributed by atoms with Crippen molar-refractivity contribution in [1.29, 1.82) is 0 Å². The Kier molecular flexibility index (Phi) is 7.74. The van der Waals surface area contributed by atoms with Gasteiger partial charge >= 0.3 is 0 Å². The minimum atomic E-state index is -0.466. The highest BCUT2D eigenvalue weighted by Crippen LogP contribution is 2.38. The number of anilines is 2. The van der Waals surface area contributed by atoms with Crippen molar-refractivity contribution in [3.05, 3.63) is 82.2 Å². The second-order valence-corrected chi connectivity index (χ2v) is 8.03. The van der Waals surface area contributed by atoms with Crippen LogP contribution in [0.25, 0.3) is 23.1 Å². The van der Waals surface area contributed by atoms with Gasteiger partial charge in [-0.3, -0.25) is 10.1 Å². The minimum Gasteiger partial charge on any atom is -0.493 e. The molecule has 4 rings (SSSR count). The highest BCUT2D eigenvalue weighted by atomic mass is 32.1. The average molecular weight is 518 g/mol. The number of nitro benzene ring substituents is 1. The van der Waals surface area contributed by atoms with Crippen LogP contribution in [0.2, 0.25) is 0 Å². The van der Waals surface area contributed by atoms with Crippen molar-refractivity contribution in [3.8, 4) is 17.2 Å². The SMILES string of the molecule is COc1cc(/C=C/c2nc(NC(=S)Nc3cccc([N+](=O)[O-])c3)c3ccccc3n2)cc(OC)c1OC. The van der Waals surface area contributed by atoms with Crippen molar-refractivity contribution < 1.29 is 19.1 Å². The fourth-order valence-corrected chi connectivity index (χ4v) is 3.81. The summed E-state index contributed by atoms with van der Waals surface area (Å²) < 4.78 is 16.2. The van der Waals surface area contributed by atoms with E-state index in [0.29, 0.717) is 40.1 Å². The highest BCUT2D eigenvalue weighted by Gasteiger charge is 2.13. The van der Waals surface area contributed by atoms with Gasteiger partial charge in [0.2, 0.25) is 5.75 Å². The lowest BCUT2D eigenvalue weighted by molar-refractivity contribution is -0.384. The number of benzene rings is 3. The monoisotopic (exact) mass is 517 g/mol. The van der Waals surface area contributed by atoms with Gasteiger partial charge in [-0.25, -0.2) is 9.97 Å². The molecule has 0 atom stereocenters. The Hall–Kier alpha value is -4.77. The topological polar surface area (TPSA) is 121 Å². The lowest BCUT2D eigenvalue weighted by Gasteiger charge is -2.13. The molecule has 0 fully saturated rings. The molecule has 10 nitrogen and oxygen atoms in total. The number of fused-ring (bicyclic) bond motifs is 1. The third-order valence-electron chi connectivity index (χ3n) is 5.28. The van der Waals surface area contributed by atoms with Crippen molar-refractivity contribution in [2.45, 2.75) is 0 Å². The van der Waals surface area contributed by atoms with Gasteiger partial charge in [0.15, 0.2) is 22.4 Å². The molecule has 1 heterocycles. The molecule has 0 spiro atoms. The summed E-state index contributed by atoms with van der Waals surface area (Å²) in [7, 11) is 4.66. The van der Waals surface area contributed by atoms with E-state index < -0.39 is 4.92 Å². The van der Waals surface area contributed by atoms with Crippen molar-refractivity contribution in [3.63, 3.8) is 0 Å². The predicted molar refractivity (Wildman–Crippen MR) is 148 cm³/mol. The van der Waals surface area contributed by atoms with Crippen LogP contribution in [-0.2, 0) is 0 Å². The molecule has 1 aromatic heterocycles. The number of nitrogens with one attached hydrogen (secondary N) is 2. The molecule has 0 unspecified atom stereocenters. The fourth-order valence-electron chi connectivity index (χ4n) is 3.60. The Balaban J connectivity index is 1.63. The molecule has 0 radical (unpaired) electrons. The third kappa shape index (κ3) is 5.90. The van der Waals surface area contributed by atoms with E-state index in [1.165, 1.54) is 12.1 Å². The van der Waals surface area contributed by atoms with E-state index in [-0.39, 0.29) is 10.8 Å². The Bertz CT molecular complexity index is 1480. The summed E-state index contributed by atoms with van der Waals surface area (Å²) in [6.07, 6.45) is 3.59. The molecule has 0 saturated carbocycles. The van der Waals surface area contributed by atoms with Crippen LogP contribution in [0, 0.1) is 10.1 Å². The van der Waals surface area contributed by atoms with E-state index >= 15 is 0 Å². The average Bonchev–Trinajstić information content (AvgIpc) is 2.91. The number of non-ortho nitro benzene ring substituents is 1. The molecular weight excluding hydrogens is 494 g/mol. The van der Waals surface area contributed by atoms with E-state index in [1.54, 1.807) is 39.5 Å². The summed E-state index contributed by atoms with van der Waals surface area (Å²) in [5, 5.41) is 18.1.